The molecule has 7 heteroatoms. The van der Waals surface area contributed by atoms with Crippen LogP contribution in [0.1, 0.15) is 35.8 Å². The second-order valence-electron chi connectivity index (χ2n) is 6.84. The van der Waals surface area contributed by atoms with Crippen molar-refractivity contribution in [2.24, 2.45) is 0 Å². The van der Waals surface area contributed by atoms with Crippen LogP contribution in [-0.2, 0) is 6.54 Å². The zero-order chi connectivity index (χ0) is 19.2. The fourth-order valence-corrected chi connectivity index (χ4v) is 3.93. The number of carbonyl (C=O) groups excluding carboxylic acids is 1. The van der Waals surface area contributed by atoms with Crippen molar-refractivity contribution < 1.29 is 9.53 Å². The Labute approximate surface area is 165 Å². The number of nitrogens with one attached hydrogen (secondary N) is 1. The van der Waals surface area contributed by atoms with Crippen molar-refractivity contribution in [2.45, 2.75) is 32.9 Å². The topological polar surface area (TPSA) is 57.7 Å². The Morgan fingerprint density at radius 1 is 1.30 bits per heavy atom. The first-order valence-electron chi connectivity index (χ1n) is 9.46. The van der Waals surface area contributed by atoms with E-state index in [0.717, 1.165) is 55.6 Å². The minimum absolute atomic E-state index is 0.0761. The summed E-state index contributed by atoms with van der Waals surface area (Å²) in [6, 6.07) is 8.33. The van der Waals surface area contributed by atoms with Crippen LogP contribution in [0.4, 0.5) is 5.69 Å². The van der Waals surface area contributed by atoms with E-state index < -0.39 is 0 Å². The average molecular weight is 389 g/mol. The van der Waals surface area contributed by atoms with Gasteiger partial charge in [0.25, 0.3) is 5.91 Å². The van der Waals surface area contributed by atoms with Gasteiger partial charge in [-0.3, -0.25) is 9.69 Å². The van der Waals surface area contributed by atoms with E-state index in [-0.39, 0.29) is 11.9 Å². The first-order chi connectivity index (χ1) is 13.1. The molecule has 0 aliphatic carbocycles. The Hall–Kier alpha value is -2.12. The van der Waals surface area contributed by atoms with Gasteiger partial charge >= 0.3 is 0 Å². The van der Waals surface area contributed by atoms with Gasteiger partial charge in [-0.25, -0.2) is 4.98 Å². The highest BCUT2D eigenvalue weighted by Gasteiger charge is 2.21. The zero-order valence-corrected chi connectivity index (χ0v) is 17.1. The van der Waals surface area contributed by atoms with Gasteiger partial charge in [-0.15, -0.1) is 11.3 Å². The molecule has 1 aromatic heterocycles. The third kappa shape index (κ3) is 4.99. The number of nitrogens with zero attached hydrogens (tertiary/aromatic N) is 3. The number of ether oxygens (including phenoxy) is 1. The minimum Gasteiger partial charge on any atom is -0.495 e. The Kier molecular flexibility index (Phi) is 6.68. The SMILES string of the molecule is CC[C@@H](C)NC(=O)c1csc(CN2CCN(c3ccccc3OC)CC2)n1. The van der Waals surface area contributed by atoms with Crippen LogP contribution in [0.25, 0.3) is 0 Å². The number of thiazole rings is 1. The Balaban J connectivity index is 1.53. The lowest BCUT2D eigenvalue weighted by Crippen LogP contribution is -2.46. The maximum absolute atomic E-state index is 12.2. The summed E-state index contributed by atoms with van der Waals surface area (Å²) < 4.78 is 5.48. The fourth-order valence-electron chi connectivity index (χ4n) is 3.12. The summed E-state index contributed by atoms with van der Waals surface area (Å²) in [4.78, 5) is 21.5. The van der Waals surface area contributed by atoms with Crippen LogP contribution in [0.2, 0.25) is 0 Å². The molecule has 1 N–H and O–H groups in total. The normalized spacial score (nSPS) is 16.2. The smallest absolute Gasteiger partial charge is 0.270 e. The van der Waals surface area contributed by atoms with Crippen LogP contribution in [-0.4, -0.2) is 55.1 Å². The van der Waals surface area contributed by atoms with E-state index in [4.69, 9.17) is 4.74 Å². The van der Waals surface area contributed by atoms with Gasteiger partial charge < -0.3 is 15.0 Å². The molecule has 1 atom stereocenters. The molecule has 1 amide bonds. The van der Waals surface area contributed by atoms with Crippen molar-refractivity contribution in [3.8, 4) is 5.75 Å². The van der Waals surface area contributed by atoms with E-state index in [2.05, 4.69) is 33.1 Å². The van der Waals surface area contributed by atoms with Crippen LogP contribution in [0.15, 0.2) is 29.6 Å². The van der Waals surface area contributed by atoms with E-state index in [1.54, 1.807) is 18.4 Å². The van der Waals surface area contributed by atoms with Crippen LogP contribution in [0.5, 0.6) is 5.75 Å². The second-order valence-corrected chi connectivity index (χ2v) is 7.79. The molecule has 0 saturated carbocycles. The Morgan fingerprint density at radius 2 is 2.04 bits per heavy atom. The third-order valence-electron chi connectivity index (χ3n) is 4.93. The summed E-state index contributed by atoms with van der Waals surface area (Å²) >= 11 is 1.56. The van der Waals surface area contributed by atoms with Gasteiger partial charge in [0.15, 0.2) is 0 Å². The van der Waals surface area contributed by atoms with E-state index in [0.29, 0.717) is 5.69 Å². The average Bonchev–Trinajstić information content (AvgIpc) is 3.17. The molecule has 27 heavy (non-hydrogen) atoms. The maximum Gasteiger partial charge on any atom is 0.270 e. The monoisotopic (exact) mass is 388 g/mol. The quantitative estimate of drug-likeness (QED) is 0.790. The number of rotatable bonds is 7. The Morgan fingerprint density at radius 3 is 2.74 bits per heavy atom. The van der Waals surface area contributed by atoms with Crippen LogP contribution >= 0.6 is 11.3 Å². The number of piperazine rings is 1. The zero-order valence-electron chi connectivity index (χ0n) is 16.3. The summed E-state index contributed by atoms with van der Waals surface area (Å²) in [5.74, 6) is 0.843. The summed E-state index contributed by atoms with van der Waals surface area (Å²) in [5.41, 5.74) is 1.68. The van der Waals surface area contributed by atoms with Crippen LogP contribution in [0.3, 0.4) is 0 Å². The molecule has 146 valence electrons. The number of carbonyl (C=O) groups is 1. The molecule has 1 aliphatic rings. The number of aromatic nitrogens is 1. The summed E-state index contributed by atoms with van der Waals surface area (Å²) in [7, 11) is 1.71. The van der Waals surface area contributed by atoms with Gasteiger partial charge in [-0.05, 0) is 25.5 Å². The van der Waals surface area contributed by atoms with E-state index >= 15 is 0 Å². The van der Waals surface area contributed by atoms with Crippen molar-refractivity contribution in [3.05, 3.63) is 40.3 Å². The molecule has 1 saturated heterocycles. The molecule has 0 bridgehead atoms. The largest absolute Gasteiger partial charge is 0.495 e. The molecular weight excluding hydrogens is 360 g/mol. The summed E-state index contributed by atoms with van der Waals surface area (Å²) in [5, 5.41) is 5.83. The molecule has 1 fully saturated rings. The summed E-state index contributed by atoms with van der Waals surface area (Å²) in [6.45, 7) is 8.69. The third-order valence-corrected chi connectivity index (χ3v) is 5.76. The van der Waals surface area contributed by atoms with Gasteiger partial charge in [-0.1, -0.05) is 19.1 Å². The minimum atomic E-state index is -0.0761. The number of anilines is 1. The molecule has 6 nitrogen and oxygen atoms in total. The first kappa shape index (κ1) is 19.6. The molecule has 0 unspecified atom stereocenters. The van der Waals surface area contributed by atoms with Gasteiger partial charge in [0, 0.05) is 37.6 Å². The molecule has 1 aliphatic heterocycles. The van der Waals surface area contributed by atoms with Crippen LogP contribution in [0, 0.1) is 0 Å². The van der Waals surface area contributed by atoms with E-state index in [1.165, 1.54) is 0 Å². The predicted octanol–water partition coefficient (Wildman–Crippen LogP) is 3.00. The Bertz CT molecular complexity index is 756. The highest BCUT2D eigenvalue weighted by molar-refractivity contribution is 7.09. The van der Waals surface area contributed by atoms with Crippen molar-refractivity contribution in [1.82, 2.24) is 15.2 Å². The first-order valence-corrected chi connectivity index (χ1v) is 10.3. The molecule has 2 aromatic rings. The fraction of sp³-hybridized carbons (Fsp3) is 0.500. The van der Waals surface area contributed by atoms with Crippen molar-refractivity contribution in [1.29, 1.82) is 0 Å². The van der Waals surface area contributed by atoms with Crippen molar-refractivity contribution in [3.63, 3.8) is 0 Å². The van der Waals surface area contributed by atoms with E-state index in [1.807, 2.05) is 30.5 Å². The number of para-hydroxylation sites is 2. The molecule has 0 radical (unpaired) electrons. The van der Waals surface area contributed by atoms with Gasteiger partial charge in [-0.2, -0.15) is 0 Å². The molecule has 1 aromatic carbocycles. The number of hydrogen-bond donors (Lipinski definition) is 1. The van der Waals surface area contributed by atoms with E-state index in [9.17, 15) is 4.79 Å². The standard InChI is InChI=1S/C20H28N4O2S/c1-4-15(2)21-20(25)16-14-27-19(22-16)13-23-9-11-24(12-10-23)17-7-5-6-8-18(17)26-3/h5-8,14-15H,4,9-13H2,1-3H3,(H,21,25)/t15-/m1/s1. The van der Waals surface area contributed by atoms with Gasteiger partial charge in [0.2, 0.25) is 0 Å². The van der Waals surface area contributed by atoms with Gasteiger partial charge in [0.1, 0.15) is 16.5 Å². The predicted molar refractivity (Wildman–Crippen MR) is 110 cm³/mol. The molecule has 3 rings (SSSR count). The van der Waals surface area contributed by atoms with Crippen molar-refractivity contribution in [2.75, 3.05) is 38.2 Å². The number of benzene rings is 1. The lowest BCUT2D eigenvalue weighted by Gasteiger charge is -2.36. The highest BCUT2D eigenvalue weighted by atomic mass is 32.1. The highest BCUT2D eigenvalue weighted by Crippen LogP contribution is 2.28. The molecule has 0 spiro atoms. The van der Waals surface area contributed by atoms with Crippen molar-refractivity contribution >= 4 is 22.9 Å². The summed E-state index contributed by atoms with van der Waals surface area (Å²) in [6.07, 6.45) is 0.916. The molecular formula is C20H28N4O2S. The number of methoxy groups -OCH3 is 1. The maximum atomic E-state index is 12.2. The second kappa shape index (κ2) is 9.19. The lowest BCUT2D eigenvalue weighted by atomic mass is 10.2. The number of amides is 1. The molecule has 2 heterocycles. The number of hydrogen-bond acceptors (Lipinski definition) is 6. The van der Waals surface area contributed by atoms with Crippen LogP contribution < -0.4 is 15.0 Å². The lowest BCUT2D eigenvalue weighted by molar-refractivity contribution is 0.0934. The van der Waals surface area contributed by atoms with Gasteiger partial charge in [0.05, 0.1) is 19.3 Å².